The Morgan fingerprint density at radius 1 is 0.929 bits per heavy atom. The maximum absolute atomic E-state index is 12.3. The van der Waals surface area contributed by atoms with Crippen LogP contribution in [0.5, 0.6) is 5.75 Å². The molecule has 3 aromatic carbocycles. The molecule has 0 spiro atoms. The number of ether oxygens (including phenoxy) is 1. The summed E-state index contributed by atoms with van der Waals surface area (Å²) in [6, 6.07) is 21.3. The molecule has 6 heteroatoms. The summed E-state index contributed by atoms with van der Waals surface area (Å²) in [6.45, 7) is 0.238. The summed E-state index contributed by atoms with van der Waals surface area (Å²) in [5.41, 5.74) is 8.04. The van der Waals surface area contributed by atoms with E-state index in [1.807, 2.05) is 30.3 Å². The van der Waals surface area contributed by atoms with Crippen molar-refractivity contribution in [1.82, 2.24) is 0 Å². The lowest BCUT2D eigenvalue weighted by atomic mass is 10.1. The fourth-order valence-corrected chi connectivity index (χ4v) is 2.95. The highest BCUT2D eigenvalue weighted by atomic mass is 35.5. The first-order chi connectivity index (χ1) is 13.5. The summed E-state index contributed by atoms with van der Waals surface area (Å²) >= 11 is 5.95. The Morgan fingerprint density at radius 2 is 1.68 bits per heavy atom. The molecule has 28 heavy (non-hydrogen) atoms. The summed E-state index contributed by atoms with van der Waals surface area (Å²) in [7, 11) is 0. The lowest BCUT2D eigenvalue weighted by molar-refractivity contribution is -0.115. The van der Waals surface area contributed by atoms with Crippen LogP contribution in [0, 0.1) is 0 Å². The Morgan fingerprint density at radius 3 is 2.46 bits per heavy atom. The maximum atomic E-state index is 12.3. The molecule has 0 aliphatic heterocycles. The van der Waals surface area contributed by atoms with Gasteiger partial charge < -0.3 is 15.8 Å². The van der Waals surface area contributed by atoms with Gasteiger partial charge in [0.05, 0.1) is 12.0 Å². The van der Waals surface area contributed by atoms with Gasteiger partial charge in [0.2, 0.25) is 5.91 Å². The average molecular weight is 395 g/mol. The molecule has 142 valence electrons. The number of benzene rings is 3. The average Bonchev–Trinajstić information content (AvgIpc) is 2.66. The molecule has 2 amide bonds. The molecule has 0 unspecified atom stereocenters. The monoisotopic (exact) mass is 394 g/mol. The summed E-state index contributed by atoms with van der Waals surface area (Å²) in [6.07, 6.45) is 0.229. The van der Waals surface area contributed by atoms with Crippen LogP contribution in [0.25, 0.3) is 0 Å². The topological polar surface area (TPSA) is 81.4 Å². The molecular formula is C22H19ClN2O3. The molecule has 0 saturated heterocycles. The molecule has 3 N–H and O–H groups in total. The number of carbonyl (C=O) groups is 2. The number of halogens is 1. The number of amides is 2. The summed E-state index contributed by atoms with van der Waals surface area (Å²) in [5, 5.41) is 3.46. The van der Waals surface area contributed by atoms with Crippen LogP contribution in [0.4, 0.5) is 5.69 Å². The third-order valence-corrected chi connectivity index (χ3v) is 4.25. The van der Waals surface area contributed by atoms with E-state index in [0.717, 1.165) is 11.1 Å². The Balaban J connectivity index is 1.62. The second-order valence-corrected chi connectivity index (χ2v) is 6.64. The minimum absolute atomic E-state index is 0.139. The van der Waals surface area contributed by atoms with Crippen molar-refractivity contribution in [3.63, 3.8) is 0 Å². The van der Waals surface area contributed by atoms with Gasteiger partial charge in [-0.2, -0.15) is 0 Å². The van der Waals surface area contributed by atoms with Gasteiger partial charge in [-0.15, -0.1) is 0 Å². The lowest BCUT2D eigenvalue weighted by Gasteiger charge is -2.11. The van der Waals surface area contributed by atoms with Crippen molar-refractivity contribution >= 4 is 29.1 Å². The molecular weight excluding hydrogens is 376 g/mol. The minimum Gasteiger partial charge on any atom is -0.488 e. The molecule has 0 aliphatic carbocycles. The molecule has 3 aromatic rings. The smallest absolute Gasteiger partial charge is 0.252 e. The van der Waals surface area contributed by atoms with Crippen molar-refractivity contribution in [2.45, 2.75) is 13.0 Å². The van der Waals surface area contributed by atoms with E-state index in [-0.39, 0.29) is 18.9 Å². The summed E-state index contributed by atoms with van der Waals surface area (Å²) < 4.78 is 5.73. The van der Waals surface area contributed by atoms with Crippen molar-refractivity contribution in [1.29, 1.82) is 0 Å². The van der Waals surface area contributed by atoms with Crippen molar-refractivity contribution in [2.75, 3.05) is 5.32 Å². The Hall–Kier alpha value is -3.31. The highest BCUT2D eigenvalue weighted by Gasteiger charge is 2.09. The van der Waals surface area contributed by atoms with Crippen LogP contribution in [0.2, 0.25) is 5.02 Å². The van der Waals surface area contributed by atoms with Gasteiger partial charge >= 0.3 is 0 Å². The van der Waals surface area contributed by atoms with Crippen molar-refractivity contribution < 1.29 is 14.3 Å². The summed E-state index contributed by atoms with van der Waals surface area (Å²) in [5.74, 6) is -0.262. The van der Waals surface area contributed by atoms with E-state index in [4.69, 9.17) is 22.1 Å². The number of para-hydroxylation sites is 1. The van der Waals surface area contributed by atoms with Crippen LogP contribution in [0.15, 0.2) is 72.8 Å². The number of carbonyl (C=O) groups excluding carboxylic acids is 2. The van der Waals surface area contributed by atoms with E-state index in [1.165, 1.54) is 0 Å². The van der Waals surface area contributed by atoms with Gasteiger partial charge in [0, 0.05) is 10.7 Å². The highest BCUT2D eigenvalue weighted by Crippen LogP contribution is 2.20. The molecule has 0 saturated carbocycles. The van der Waals surface area contributed by atoms with E-state index in [2.05, 4.69) is 5.32 Å². The Labute approximate surface area is 168 Å². The van der Waals surface area contributed by atoms with Gasteiger partial charge in [-0.25, -0.2) is 0 Å². The van der Waals surface area contributed by atoms with E-state index < -0.39 is 5.91 Å². The second-order valence-electron chi connectivity index (χ2n) is 6.20. The Kier molecular flexibility index (Phi) is 6.29. The molecule has 0 fully saturated rings. The molecule has 3 rings (SSSR count). The van der Waals surface area contributed by atoms with Crippen LogP contribution < -0.4 is 15.8 Å². The van der Waals surface area contributed by atoms with Gasteiger partial charge in [0.25, 0.3) is 5.91 Å². The quantitative estimate of drug-likeness (QED) is 0.630. The number of nitrogens with two attached hydrogens (primary N) is 1. The standard InChI is InChI=1S/C22H19ClN2O3/c23-17-7-3-5-15(11-17)13-21(26)25-18-8-4-6-16(12-18)14-28-20-10-2-1-9-19(20)22(24)27/h1-12H,13-14H2,(H2,24,27)(H,25,26). The van der Waals surface area contributed by atoms with E-state index in [0.29, 0.717) is 22.0 Å². The zero-order valence-electron chi connectivity index (χ0n) is 15.0. The summed E-state index contributed by atoms with van der Waals surface area (Å²) in [4.78, 5) is 23.7. The van der Waals surface area contributed by atoms with Gasteiger partial charge in [0.1, 0.15) is 12.4 Å². The molecule has 0 radical (unpaired) electrons. The zero-order valence-corrected chi connectivity index (χ0v) is 15.8. The lowest BCUT2D eigenvalue weighted by Crippen LogP contribution is -2.14. The first-order valence-electron chi connectivity index (χ1n) is 8.66. The number of anilines is 1. The Bertz CT molecular complexity index is 1000. The molecule has 0 atom stereocenters. The minimum atomic E-state index is -0.544. The largest absolute Gasteiger partial charge is 0.488 e. The molecule has 0 heterocycles. The van der Waals surface area contributed by atoms with Gasteiger partial charge in [-0.3, -0.25) is 9.59 Å². The normalized spacial score (nSPS) is 10.3. The van der Waals surface area contributed by atoms with Crippen molar-refractivity contribution in [3.8, 4) is 5.75 Å². The zero-order chi connectivity index (χ0) is 19.9. The SMILES string of the molecule is NC(=O)c1ccccc1OCc1cccc(NC(=O)Cc2cccc(Cl)c2)c1. The predicted molar refractivity (Wildman–Crippen MR) is 110 cm³/mol. The highest BCUT2D eigenvalue weighted by molar-refractivity contribution is 6.30. The van der Waals surface area contributed by atoms with Crippen LogP contribution in [0.1, 0.15) is 21.5 Å². The van der Waals surface area contributed by atoms with Gasteiger partial charge in [-0.05, 0) is 47.5 Å². The number of hydrogen-bond donors (Lipinski definition) is 2. The third-order valence-electron chi connectivity index (χ3n) is 4.01. The third kappa shape index (κ3) is 5.34. The van der Waals surface area contributed by atoms with Crippen molar-refractivity contribution in [3.05, 3.63) is 94.5 Å². The van der Waals surface area contributed by atoms with Gasteiger partial charge in [-0.1, -0.05) is 48.0 Å². The number of hydrogen-bond acceptors (Lipinski definition) is 3. The van der Waals surface area contributed by atoms with E-state index >= 15 is 0 Å². The predicted octanol–water partition coefficient (Wildman–Crippen LogP) is 4.20. The van der Waals surface area contributed by atoms with E-state index in [9.17, 15) is 9.59 Å². The number of primary amides is 1. The maximum Gasteiger partial charge on any atom is 0.252 e. The first-order valence-corrected chi connectivity index (χ1v) is 9.04. The van der Waals surface area contributed by atoms with Crippen LogP contribution in [-0.4, -0.2) is 11.8 Å². The van der Waals surface area contributed by atoms with Crippen LogP contribution in [-0.2, 0) is 17.8 Å². The molecule has 0 aromatic heterocycles. The second kappa shape index (κ2) is 9.06. The fourth-order valence-electron chi connectivity index (χ4n) is 2.73. The van der Waals surface area contributed by atoms with Crippen LogP contribution >= 0.6 is 11.6 Å². The van der Waals surface area contributed by atoms with Crippen molar-refractivity contribution in [2.24, 2.45) is 5.73 Å². The van der Waals surface area contributed by atoms with Gasteiger partial charge in [0.15, 0.2) is 0 Å². The van der Waals surface area contributed by atoms with Crippen LogP contribution in [0.3, 0.4) is 0 Å². The first kappa shape index (κ1) is 19.5. The molecule has 5 nitrogen and oxygen atoms in total. The number of nitrogens with one attached hydrogen (secondary N) is 1. The van der Waals surface area contributed by atoms with E-state index in [1.54, 1.807) is 42.5 Å². The molecule has 0 aliphatic rings. The molecule has 0 bridgehead atoms. The fraction of sp³-hybridized carbons (Fsp3) is 0.0909. The number of rotatable bonds is 7.